The summed E-state index contributed by atoms with van der Waals surface area (Å²) in [5, 5.41) is 9.77. The highest BCUT2D eigenvalue weighted by molar-refractivity contribution is 5.77. The van der Waals surface area contributed by atoms with Gasteiger partial charge in [0.15, 0.2) is 0 Å². The van der Waals surface area contributed by atoms with Crippen LogP contribution in [0.15, 0.2) is 0 Å². The molecule has 8 nitrogen and oxygen atoms in total. The number of aliphatic hydroxyl groups is 1. The maximum atomic E-state index is 12.8. The smallest absolute Gasteiger partial charge is 0.463 e. The fraction of sp³-hybridized carbons (Fsp3) is 0.926. The van der Waals surface area contributed by atoms with E-state index in [4.69, 9.17) is 23.7 Å². The highest BCUT2D eigenvalue weighted by Crippen LogP contribution is 2.42. The van der Waals surface area contributed by atoms with Crippen molar-refractivity contribution in [2.45, 2.75) is 132 Å². The maximum Gasteiger partial charge on any atom is 0.508 e. The van der Waals surface area contributed by atoms with Gasteiger partial charge in [-0.1, -0.05) is 13.8 Å². The molecule has 0 heterocycles. The largest absolute Gasteiger partial charge is 0.508 e. The van der Waals surface area contributed by atoms with Gasteiger partial charge in [0.05, 0.1) is 42.0 Å². The van der Waals surface area contributed by atoms with Gasteiger partial charge in [0.2, 0.25) is 0 Å². The van der Waals surface area contributed by atoms with Crippen LogP contribution in [0.2, 0.25) is 0 Å². The van der Waals surface area contributed by atoms with Crippen LogP contribution < -0.4 is 0 Å². The molecule has 35 heavy (non-hydrogen) atoms. The summed E-state index contributed by atoms with van der Waals surface area (Å²) in [7, 11) is 0. The van der Waals surface area contributed by atoms with E-state index >= 15 is 0 Å². The van der Waals surface area contributed by atoms with Crippen molar-refractivity contribution in [3.63, 3.8) is 0 Å². The molecule has 0 bridgehead atoms. The lowest BCUT2D eigenvalue weighted by atomic mass is 9.72. The normalized spacial score (nSPS) is 14.6. The number of hydrogen-bond donors (Lipinski definition) is 1. The monoisotopic (exact) mass is 504 g/mol. The molecule has 0 amide bonds. The minimum atomic E-state index is -0.920. The summed E-state index contributed by atoms with van der Waals surface area (Å²) in [6.45, 7) is 24.8. The number of hydrogen-bond acceptors (Lipinski definition) is 8. The molecule has 208 valence electrons. The van der Waals surface area contributed by atoms with Crippen molar-refractivity contribution in [3.05, 3.63) is 0 Å². The molecule has 0 saturated heterocycles. The van der Waals surface area contributed by atoms with Crippen molar-refractivity contribution >= 4 is 12.1 Å². The zero-order chi connectivity index (χ0) is 27.9. The first-order valence-electron chi connectivity index (χ1n) is 12.6. The van der Waals surface area contributed by atoms with E-state index in [1.54, 1.807) is 13.8 Å². The highest BCUT2D eigenvalue weighted by atomic mass is 16.7. The van der Waals surface area contributed by atoms with E-state index in [0.29, 0.717) is 19.4 Å². The lowest BCUT2D eigenvalue weighted by molar-refractivity contribution is -0.188. The van der Waals surface area contributed by atoms with Gasteiger partial charge in [0, 0.05) is 11.8 Å². The molecule has 1 N–H and O–H groups in total. The van der Waals surface area contributed by atoms with E-state index in [1.807, 2.05) is 76.2 Å². The van der Waals surface area contributed by atoms with Gasteiger partial charge in [-0.15, -0.1) is 0 Å². The molecule has 0 aromatic carbocycles. The Labute approximate surface area is 213 Å². The Morgan fingerprint density at radius 3 is 1.80 bits per heavy atom. The summed E-state index contributed by atoms with van der Waals surface area (Å²) in [6.07, 6.45) is -0.0618. The standard InChI is InChI=1S/C27H52O8/c1-19(2)31-16-17-32-21(28)25(8,9)27(12,13)34-20(3)18-23(4,5)26(10,11)35-22(29)33-15-14-24(6,7)30/h19-20,30H,14-18H2,1-13H3. The van der Waals surface area contributed by atoms with Crippen LogP contribution in [0.25, 0.3) is 0 Å². The van der Waals surface area contributed by atoms with Gasteiger partial charge in [-0.2, -0.15) is 0 Å². The molecule has 8 heteroatoms. The molecule has 0 saturated carbocycles. The van der Waals surface area contributed by atoms with Gasteiger partial charge >= 0.3 is 12.1 Å². The third kappa shape index (κ3) is 11.5. The molecule has 0 aliphatic heterocycles. The molecule has 0 aromatic rings. The fourth-order valence-corrected chi connectivity index (χ4v) is 3.26. The Morgan fingerprint density at radius 2 is 1.31 bits per heavy atom. The van der Waals surface area contributed by atoms with Crippen molar-refractivity contribution in [2.75, 3.05) is 19.8 Å². The Bertz CT molecular complexity index is 671. The van der Waals surface area contributed by atoms with Crippen LogP contribution in [0.1, 0.15) is 103 Å². The summed E-state index contributed by atoms with van der Waals surface area (Å²) in [6, 6.07) is 0. The van der Waals surface area contributed by atoms with E-state index in [2.05, 4.69) is 0 Å². The zero-order valence-corrected chi connectivity index (χ0v) is 24.5. The van der Waals surface area contributed by atoms with Crippen LogP contribution in [0.3, 0.4) is 0 Å². The average molecular weight is 505 g/mol. The molecule has 0 spiro atoms. The predicted molar refractivity (Wildman–Crippen MR) is 136 cm³/mol. The minimum Gasteiger partial charge on any atom is -0.463 e. The van der Waals surface area contributed by atoms with E-state index in [-0.39, 0.29) is 31.4 Å². The van der Waals surface area contributed by atoms with E-state index < -0.39 is 33.8 Å². The third-order valence-electron chi connectivity index (χ3n) is 6.98. The molecule has 1 atom stereocenters. The van der Waals surface area contributed by atoms with E-state index in [0.717, 1.165) is 0 Å². The van der Waals surface area contributed by atoms with Gasteiger partial charge in [-0.25, -0.2) is 4.79 Å². The third-order valence-corrected chi connectivity index (χ3v) is 6.98. The first-order chi connectivity index (χ1) is 15.5. The van der Waals surface area contributed by atoms with Crippen molar-refractivity contribution in [3.8, 4) is 0 Å². The van der Waals surface area contributed by atoms with Crippen LogP contribution in [-0.2, 0) is 28.5 Å². The fourth-order valence-electron chi connectivity index (χ4n) is 3.26. The topological polar surface area (TPSA) is 101 Å². The molecule has 1 unspecified atom stereocenters. The first-order valence-corrected chi connectivity index (χ1v) is 12.6. The molecule has 0 aromatic heterocycles. The SMILES string of the molecule is CC(C)OCCOC(=O)C(C)(C)C(C)(C)OC(C)CC(C)(C)C(C)(C)OC(=O)OCCC(C)(C)O. The summed E-state index contributed by atoms with van der Waals surface area (Å²) in [5.74, 6) is -0.348. The second kappa shape index (κ2) is 12.7. The number of carbonyl (C=O) groups is 2. The maximum absolute atomic E-state index is 12.8. The second-order valence-corrected chi connectivity index (χ2v) is 12.5. The van der Waals surface area contributed by atoms with Crippen LogP contribution >= 0.6 is 0 Å². The Morgan fingerprint density at radius 1 is 0.771 bits per heavy atom. The molecule has 0 aliphatic carbocycles. The van der Waals surface area contributed by atoms with Gasteiger partial charge in [0.1, 0.15) is 12.2 Å². The van der Waals surface area contributed by atoms with Gasteiger partial charge in [-0.05, 0) is 82.6 Å². The Hall–Kier alpha value is -1.38. The molecule has 0 rings (SSSR count). The van der Waals surface area contributed by atoms with Crippen LogP contribution in [-0.4, -0.2) is 66.1 Å². The van der Waals surface area contributed by atoms with Gasteiger partial charge in [-0.3, -0.25) is 4.79 Å². The number of carbonyl (C=O) groups excluding carboxylic acids is 2. The summed E-state index contributed by atoms with van der Waals surface area (Å²) < 4.78 is 28.1. The van der Waals surface area contributed by atoms with Crippen molar-refractivity contribution in [2.24, 2.45) is 10.8 Å². The van der Waals surface area contributed by atoms with Crippen LogP contribution in [0, 0.1) is 10.8 Å². The lowest BCUT2D eigenvalue weighted by Gasteiger charge is -2.45. The summed E-state index contributed by atoms with van der Waals surface area (Å²) >= 11 is 0. The second-order valence-electron chi connectivity index (χ2n) is 12.5. The zero-order valence-electron chi connectivity index (χ0n) is 24.5. The Kier molecular flexibility index (Phi) is 12.2. The Balaban J connectivity index is 5.03. The van der Waals surface area contributed by atoms with E-state index in [9.17, 15) is 14.7 Å². The number of ether oxygens (including phenoxy) is 5. The molecular weight excluding hydrogens is 452 g/mol. The van der Waals surface area contributed by atoms with Crippen molar-refractivity contribution in [1.82, 2.24) is 0 Å². The molecule has 0 aliphatic rings. The van der Waals surface area contributed by atoms with Gasteiger partial charge in [0.25, 0.3) is 0 Å². The average Bonchev–Trinajstić information content (AvgIpc) is 2.61. The quantitative estimate of drug-likeness (QED) is 0.225. The molecular formula is C27H52O8. The number of esters is 1. The highest BCUT2D eigenvalue weighted by Gasteiger charge is 2.48. The molecule has 0 radical (unpaired) electrons. The van der Waals surface area contributed by atoms with Gasteiger partial charge < -0.3 is 28.8 Å². The van der Waals surface area contributed by atoms with Crippen LogP contribution in [0.5, 0.6) is 0 Å². The molecule has 0 fully saturated rings. The lowest BCUT2D eigenvalue weighted by Crippen LogP contribution is -2.51. The summed E-state index contributed by atoms with van der Waals surface area (Å²) in [4.78, 5) is 25.0. The minimum absolute atomic E-state index is 0.0708. The van der Waals surface area contributed by atoms with Crippen molar-refractivity contribution < 1.29 is 38.4 Å². The predicted octanol–water partition coefficient (Wildman–Crippen LogP) is 5.67. The number of rotatable bonds is 15. The first kappa shape index (κ1) is 33.6. The van der Waals surface area contributed by atoms with Crippen LogP contribution in [0.4, 0.5) is 4.79 Å². The van der Waals surface area contributed by atoms with Crippen molar-refractivity contribution in [1.29, 1.82) is 0 Å². The van der Waals surface area contributed by atoms with E-state index in [1.165, 1.54) is 0 Å². The summed E-state index contributed by atoms with van der Waals surface area (Å²) in [5.41, 5.74) is -3.97.